The standard InChI is InChI=1S/C27H25N3O5S/c1-15-8-7-9-16(2)24(15)28-23(31)14-29-25(32)22(36-27(29)35)13-19-12-17(3)30(18(19)4)21-11-6-5-10-20(21)26(33)34/h5-13H,14H2,1-4H3,(H,28,31)(H,33,34)/b22-13-. The number of amides is 3. The van der Waals surface area contributed by atoms with E-state index in [2.05, 4.69) is 5.32 Å². The highest BCUT2D eigenvalue weighted by Gasteiger charge is 2.36. The number of aromatic carboxylic acids is 1. The van der Waals surface area contributed by atoms with E-state index in [1.807, 2.05) is 52.0 Å². The molecule has 3 amide bonds. The second-order valence-electron chi connectivity index (χ2n) is 8.57. The average molecular weight is 504 g/mol. The number of nitrogens with zero attached hydrogens (tertiary/aromatic N) is 2. The molecule has 2 aromatic carbocycles. The first kappa shape index (κ1) is 25.0. The average Bonchev–Trinajstić information content (AvgIpc) is 3.25. The lowest BCUT2D eigenvalue weighted by molar-refractivity contribution is -0.127. The van der Waals surface area contributed by atoms with E-state index in [-0.39, 0.29) is 17.0 Å². The number of rotatable bonds is 6. The molecule has 36 heavy (non-hydrogen) atoms. The zero-order chi connectivity index (χ0) is 26.1. The smallest absolute Gasteiger partial charge is 0.337 e. The van der Waals surface area contributed by atoms with Gasteiger partial charge in [0, 0.05) is 17.1 Å². The zero-order valence-electron chi connectivity index (χ0n) is 20.3. The monoisotopic (exact) mass is 503 g/mol. The van der Waals surface area contributed by atoms with Crippen LogP contribution in [0.5, 0.6) is 0 Å². The van der Waals surface area contributed by atoms with Crippen molar-refractivity contribution < 1.29 is 24.3 Å². The molecule has 0 atom stereocenters. The SMILES string of the molecule is Cc1cccc(C)c1NC(=O)CN1C(=O)S/C(=C\c2cc(C)n(-c3ccccc3C(=O)O)c2C)C1=O. The molecule has 1 aliphatic rings. The Balaban J connectivity index is 1.58. The first-order valence-corrected chi connectivity index (χ1v) is 12.0. The number of carboxylic acids is 1. The van der Waals surface area contributed by atoms with Crippen molar-refractivity contribution in [3.05, 3.63) is 87.1 Å². The van der Waals surface area contributed by atoms with Crippen LogP contribution >= 0.6 is 11.8 Å². The quantitative estimate of drug-likeness (QED) is 0.454. The third kappa shape index (κ3) is 4.70. The molecule has 2 heterocycles. The first-order valence-electron chi connectivity index (χ1n) is 11.2. The molecule has 4 rings (SSSR count). The number of aryl methyl sites for hydroxylation is 3. The van der Waals surface area contributed by atoms with Gasteiger partial charge in [-0.25, -0.2) is 4.79 Å². The van der Waals surface area contributed by atoms with E-state index in [0.717, 1.165) is 39.2 Å². The molecule has 3 aromatic rings. The van der Waals surface area contributed by atoms with Gasteiger partial charge in [0.05, 0.1) is 16.2 Å². The Morgan fingerprint density at radius 3 is 2.33 bits per heavy atom. The van der Waals surface area contributed by atoms with Crippen LogP contribution in [0.4, 0.5) is 10.5 Å². The van der Waals surface area contributed by atoms with Crippen molar-refractivity contribution in [3.63, 3.8) is 0 Å². The summed E-state index contributed by atoms with van der Waals surface area (Å²) in [4.78, 5) is 51.1. The molecule has 1 aromatic heterocycles. The van der Waals surface area contributed by atoms with Crippen LogP contribution in [0.25, 0.3) is 11.8 Å². The molecule has 1 aliphatic heterocycles. The molecular formula is C27H25N3O5S. The molecule has 2 N–H and O–H groups in total. The molecule has 0 bridgehead atoms. The number of para-hydroxylation sites is 2. The second-order valence-corrected chi connectivity index (χ2v) is 9.56. The normalized spacial score (nSPS) is 14.6. The largest absolute Gasteiger partial charge is 0.478 e. The number of nitrogens with one attached hydrogen (secondary N) is 1. The molecule has 0 saturated carbocycles. The summed E-state index contributed by atoms with van der Waals surface area (Å²) < 4.78 is 1.80. The van der Waals surface area contributed by atoms with Crippen molar-refractivity contribution in [2.45, 2.75) is 27.7 Å². The molecule has 0 unspecified atom stereocenters. The molecule has 0 spiro atoms. The summed E-state index contributed by atoms with van der Waals surface area (Å²) in [5, 5.41) is 11.9. The highest BCUT2D eigenvalue weighted by molar-refractivity contribution is 8.18. The van der Waals surface area contributed by atoms with Crippen molar-refractivity contribution in [3.8, 4) is 5.69 Å². The van der Waals surface area contributed by atoms with E-state index >= 15 is 0 Å². The minimum Gasteiger partial charge on any atom is -0.478 e. The van der Waals surface area contributed by atoms with Crippen LogP contribution in [-0.4, -0.2) is 44.1 Å². The summed E-state index contributed by atoms with van der Waals surface area (Å²) in [6.45, 7) is 7.01. The maximum atomic E-state index is 13.0. The number of anilines is 1. The Labute approximate surface area is 212 Å². The van der Waals surface area contributed by atoms with Gasteiger partial charge in [0.2, 0.25) is 5.91 Å². The fourth-order valence-corrected chi connectivity index (χ4v) is 5.09. The maximum Gasteiger partial charge on any atom is 0.337 e. The molecule has 1 saturated heterocycles. The number of imide groups is 1. The molecule has 8 nitrogen and oxygen atoms in total. The molecular weight excluding hydrogens is 478 g/mol. The summed E-state index contributed by atoms with van der Waals surface area (Å²) in [7, 11) is 0. The number of carbonyl (C=O) groups excluding carboxylic acids is 3. The van der Waals surface area contributed by atoms with Crippen LogP contribution in [0.2, 0.25) is 0 Å². The van der Waals surface area contributed by atoms with Gasteiger partial charge in [-0.05, 0) is 80.4 Å². The number of carboxylic acid groups (broad SMARTS) is 1. The summed E-state index contributed by atoms with van der Waals surface area (Å²) in [5.41, 5.74) is 5.28. The maximum absolute atomic E-state index is 13.0. The number of hydrogen-bond donors (Lipinski definition) is 2. The summed E-state index contributed by atoms with van der Waals surface area (Å²) in [6, 6.07) is 14.1. The van der Waals surface area contributed by atoms with E-state index < -0.39 is 23.0 Å². The predicted molar refractivity (Wildman–Crippen MR) is 139 cm³/mol. The van der Waals surface area contributed by atoms with Gasteiger partial charge in [-0.3, -0.25) is 19.3 Å². The number of thioether (sulfide) groups is 1. The van der Waals surface area contributed by atoms with Crippen molar-refractivity contribution >= 4 is 46.5 Å². The first-order chi connectivity index (χ1) is 17.1. The van der Waals surface area contributed by atoms with Gasteiger partial charge in [0.15, 0.2) is 0 Å². The summed E-state index contributed by atoms with van der Waals surface area (Å²) in [6.07, 6.45) is 1.61. The van der Waals surface area contributed by atoms with Gasteiger partial charge in [-0.1, -0.05) is 30.3 Å². The lowest BCUT2D eigenvalue weighted by atomic mass is 10.1. The Hall–Kier alpha value is -4.11. The topological polar surface area (TPSA) is 109 Å². The van der Waals surface area contributed by atoms with Crippen molar-refractivity contribution in [1.82, 2.24) is 9.47 Å². The van der Waals surface area contributed by atoms with E-state index in [1.165, 1.54) is 6.07 Å². The van der Waals surface area contributed by atoms with Gasteiger partial charge in [-0.2, -0.15) is 0 Å². The van der Waals surface area contributed by atoms with E-state index in [0.29, 0.717) is 16.9 Å². The number of hydrogen-bond acceptors (Lipinski definition) is 5. The van der Waals surface area contributed by atoms with Crippen molar-refractivity contribution in [2.24, 2.45) is 0 Å². The summed E-state index contributed by atoms with van der Waals surface area (Å²) in [5.74, 6) is -2.04. The van der Waals surface area contributed by atoms with E-state index in [1.54, 1.807) is 28.8 Å². The van der Waals surface area contributed by atoms with Gasteiger partial charge in [0.1, 0.15) is 6.54 Å². The predicted octanol–water partition coefficient (Wildman–Crippen LogP) is 5.08. The van der Waals surface area contributed by atoms with Gasteiger partial charge in [0.25, 0.3) is 11.1 Å². The minimum absolute atomic E-state index is 0.154. The van der Waals surface area contributed by atoms with Crippen molar-refractivity contribution in [1.29, 1.82) is 0 Å². The Morgan fingerprint density at radius 2 is 1.67 bits per heavy atom. The summed E-state index contributed by atoms with van der Waals surface area (Å²) >= 11 is 0.774. The number of aromatic nitrogens is 1. The van der Waals surface area contributed by atoms with Crippen molar-refractivity contribution in [2.75, 3.05) is 11.9 Å². The minimum atomic E-state index is -1.04. The van der Waals surface area contributed by atoms with Crippen LogP contribution in [0, 0.1) is 27.7 Å². The fourth-order valence-electron chi connectivity index (χ4n) is 4.27. The fraction of sp³-hybridized carbons (Fsp3) is 0.185. The highest BCUT2D eigenvalue weighted by Crippen LogP contribution is 2.34. The van der Waals surface area contributed by atoms with Crippen LogP contribution in [0.15, 0.2) is 53.4 Å². The van der Waals surface area contributed by atoms with Gasteiger partial charge in [-0.15, -0.1) is 0 Å². The van der Waals surface area contributed by atoms with E-state index in [4.69, 9.17) is 0 Å². The van der Waals surface area contributed by atoms with E-state index in [9.17, 15) is 24.3 Å². The van der Waals surface area contributed by atoms with Gasteiger partial charge < -0.3 is 15.0 Å². The van der Waals surface area contributed by atoms with Crippen LogP contribution in [0.3, 0.4) is 0 Å². The van der Waals surface area contributed by atoms with Crippen LogP contribution < -0.4 is 5.32 Å². The lowest BCUT2D eigenvalue weighted by Crippen LogP contribution is -2.36. The molecule has 0 radical (unpaired) electrons. The lowest BCUT2D eigenvalue weighted by Gasteiger charge is -2.15. The molecule has 0 aliphatic carbocycles. The zero-order valence-corrected chi connectivity index (χ0v) is 21.1. The van der Waals surface area contributed by atoms with Crippen LogP contribution in [0.1, 0.15) is 38.4 Å². The Kier molecular flexibility index (Phi) is 6.85. The molecule has 1 fully saturated rings. The Morgan fingerprint density at radius 1 is 1.00 bits per heavy atom. The molecule has 184 valence electrons. The number of carbonyl (C=O) groups is 4. The third-order valence-corrected chi connectivity index (χ3v) is 6.96. The highest BCUT2D eigenvalue weighted by atomic mass is 32.2. The Bertz CT molecular complexity index is 1430. The third-order valence-electron chi connectivity index (χ3n) is 6.05. The second kappa shape index (κ2) is 9.87. The molecule has 9 heteroatoms. The number of benzene rings is 2. The van der Waals surface area contributed by atoms with Crippen LogP contribution in [-0.2, 0) is 9.59 Å². The van der Waals surface area contributed by atoms with Gasteiger partial charge >= 0.3 is 5.97 Å².